The van der Waals surface area contributed by atoms with E-state index < -0.39 is 0 Å². The average Bonchev–Trinajstić information content (AvgIpc) is 3.85. The molecule has 0 aliphatic carbocycles. The van der Waals surface area contributed by atoms with E-state index in [2.05, 4.69) is 179 Å². The van der Waals surface area contributed by atoms with Crippen LogP contribution in [0.2, 0.25) is 0 Å². The van der Waals surface area contributed by atoms with Crippen LogP contribution in [0.15, 0.2) is 205 Å². The predicted octanol–water partition coefficient (Wildman–Crippen LogP) is 14.0. The summed E-state index contributed by atoms with van der Waals surface area (Å²) < 4.78 is 9.01. The molecule has 9 aromatic carbocycles. The molecule has 0 atom stereocenters. The molecule has 0 unspecified atom stereocenters. The van der Waals surface area contributed by atoms with Crippen molar-refractivity contribution in [3.05, 3.63) is 200 Å². The highest BCUT2D eigenvalue weighted by molar-refractivity contribution is 6.19. The molecule has 0 fully saturated rings. The molecule has 0 bridgehead atoms. The minimum atomic E-state index is 0.622. The number of aromatic nitrogens is 2. The second kappa shape index (κ2) is 12.6. The largest absolute Gasteiger partial charge is 0.435 e. The Labute approximate surface area is 317 Å². The molecule has 0 saturated carbocycles. The normalized spacial score (nSPS) is 11.6. The summed E-state index contributed by atoms with van der Waals surface area (Å²) in [6.07, 6.45) is 0. The molecule has 0 spiro atoms. The number of hydrogen-bond donors (Lipinski definition) is 0. The van der Waals surface area contributed by atoms with Gasteiger partial charge in [-0.2, -0.15) is 0 Å². The van der Waals surface area contributed by atoms with E-state index in [1.165, 1.54) is 21.8 Å². The lowest BCUT2D eigenvalue weighted by atomic mass is 9.99. The first-order chi connectivity index (χ1) is 27.3. The third kappa shape index (κ3) is 5.11. The number of anilines is 3. The third-order valence-electron chi connectivity index (χ3n) is 10.8. The number of nitrogens with zero attached hydrogens (tertiary/aromatic N) is 3. The summed E-state index contributed by atoms with van der Waals surface area (Å²) >= 11 is 0. The summed E-state index contributed by atoms with van der Waals surface area (Å²) in [5.41, 5.74) is 11.5. The summed E-state index contributed by atoms with van der Waals surface area (Å²) in [6.45, 7) is 0. The molecule has 55 heavy (non-hydrogen) atoms. The maximum absolute atomic E-state index is 6.62. The van der Waals surface area contributed by atoms with Gasteiger partial charge in [-0.05, 0) is 88.5 Å². The Morgan fingerprint density at radius 1 is 0.455 bits per heavy atom. The van der Waals surface area contributed by atoms with E-state index in [1.54, 1.807) is 0 Å². The van der Waals surface area contributed by atoms with Crippen LogP contribution in [0.3, 0.4) is 0 Å². The van der Waals surface area contributed by atoms with Gasteiger partial charge in [-0.25, -0.2) is 4.98 Å². The molecule has 11 aromatic rings. The van der Waals surface area contributed by atoms with E-state index in [1.807, 2.05) is 30.3 Å². The second-order valence-corrected chi connectivity index (χ2v) is 14.0. The van der Waals surface area contributed by atoms with Gasteiger partial charge in [-0.3, -0.25) is 0 Å². The monoisotopic (exact) mass is 703 g/mol. The summed E-state index contributed by atoms with van der Waals surface area (Å²) in [5.74, 6) is 0.622. The lowest BCUT2D eigenvalue weighted by molar-refractivity contribution is 0.623. The van der Waals surface area contributed by atoms with Gasteiger partial charge in [0.15, 0.2) is 5.58 Å². The summed E-state index contributed by atoms with van der Waals surface area (Å²) in [6, 6.07) is 71.1. The van der Waals surface area contributed by atoms with Gasteiger partial charge in [-0.1, -0.05) is 133 Å². The molecule has 0 saturated heterocycles. The van der Waals surface area contributed by atoms with Gasteiger partial charge in [0.2, 0.25) is 5.89 Å². The van der Waals surface area contributed by atoms with Crippen molar-refractivity contribution in [3.63, 3.8) is 0 Å². The molecule has 0 aliphatic heterocycles. The molecular formula is C51H33N3O. The SMILES string of the molecule is c1ccc(-c2nc3ccc4ccc5ccc(N(c6cccc(-n7c8ccccc8c8ccccc87)c6)c6ccccc6-c6ccccc6)cc5c4c3o2)cc1. The quantitative estimate of drug-likeness (QED) is 0.162. The van der Waals surface area contributed by atoms with Gasteiger partial charge in [0.1, 0.15) is 5.52 Å². The van der Waals surface area contributed by atoms with Crippen LogP contribution in [0.5, 0.6) is 0 Å². The fraction of sp³-hybridized carbons (Fsp3) is 0. The smallest absolute Gasteiger partial charge is 0.227 e. The van der Waals surface area contributed by atoms with Crippen LogP contribution in [0, 0.1) is 0 Å². The van der Waals surface area contributed by atoms with Gasteiger partial charge in [0, 0.05) is 44.3 Å². The predicted molar refractivity (Wildman–Crippen MR) is 229 cm³/mol. The maximum Gasteiger partial charge on any atom is 0.227 e. The van der Waals surface area contributed by atoms with Crippen molar-refractivity contribution in [2.45, 2.75) is 0 Å². The molecule has 258 valence electrons. The Balaban J connectivity index is 1.17. The van der Waals surface area contributed by atoms with E-state index >= 15 is 0 Å². The van der Waals surface area contributed by atoms with E-state index in [0.717, 1.165) is 72.1 Å². The highest BCUT2D eigenvalue weighted by Gasteiger charge is 2.21. The van der Waals surface area contributed by atoms with Gasteiger partial charge in [0.05, 0.1) is 16.7 Å². The number of benzene rings is 9. The van der Waals surface area contributed by atoms with Crippen LogP contribution in [0.4, 0.5) is 17.1 Å². The molecule has 0 radical (unpaired) electrons. The van der Waals surface area contributed by atoms with Gasteiger partial charge < -0.3 is 13.9 Å². The maximum atomic E-state index is 6.62. The van der Waals surface area contributed by atoms with E-state index in [4.69, 9.17) is 9.40 Å². The first kappa shape index (κ1) is 31.1. The fourth-order valence-electron chi connectivity index (χ4n) is 8.28. The van der Waals surface area contributed by atoms with E-state index in [0.29, 0.717) is 5.89 Å². The minimum absolute atomic E-state index is 0.622. The molecule has 0 aliphatic rings. The van der Waals surface area contributed by atoms with Gasteiger partial charge >= 0.3 is 0 Å². The summed E-state index contributed by atoms with van der Waals surface area (Å²) in [4.78, 5) is 7.33. The number of hydrogen-bond acceptors (Lipinski definition) is 3. The minimum Gasteiger partial charge on any atom is -0.435 e. The summed E-state index contributed by atoms with van der Waals surface area (Å²) in [5, 5.41) is 6.89. The number of para-hydroxylation sites is 3. The van der Waals surface area contributed by atoms with Crippen molar-refractivity contribution in [1.29, 1.82) is 0 Å². The van der Waals surface area contributed by atoms with E-state index in [-0.39, 0.29) is 0 Å². The van der Waals surface area contributed by atoms with Crippen molar-refractivity contribution in [2.75, 3.05) is 4.90 Å². The zero-order chi connectivity index (χ0) is 36.3. The van der Waals surface area contributed by atoms with Crippen molar-refractivity contribution in [1.82, 2.24) is 9.55 Å². The van der Waals surface area contributed by atoms with Crippen molar-refractivity contribution in [2.24, 2.45) is 0 Å². The van der Waals surface area contributed by atoms with Crippen LogP contribution < -0.4 is 4.90 Å². The Bertz CT molecular complexity index is 3160. The Hall–Kier alpha value is -7.43. The lowest BCUT2D eigenvalue weighted by Crippen LogP contribution is -2.12. The van der Waals surface area contributed by atoms with Gasteiger partial charge in [0.25, 0.3) is 0 Å². The van der Waals surface area contributed by atoms with Crippen molar-refractivity contribution in [3.8, 4) is 28.3 Å². The number of rotatable bonds is 6. The molecule has 4 nitrogen and oxygen atoms in total. The molecule has 2 heterocycles. The average molecular weight is 704 g/mol. The highest BCUT2D eigenvalue weighted by Crippen LogP contribution is 2.44. The number of oxazole rings is 1. The summed E-state index contributed by atoms with van der Waals surface area (Å²) in [7, 11) is 0. The standard InChI is InChI=1S/C51H33N3O/c1-3-14-34(15-4-1)41-20-7-10-23-46(41)53(38-18-13-19-39(32-38)54-47-24-11-8-21-42(47)43-22-9-12-25-48(43)54)40-30-28-35-26-27-36-29-31-45-50(49(36)44(35)33-40)55-51(52-45)37-16-5-2-6-17-37/h1-33H. The molecule has 0 amide bonds. The number of fused-ring (bicyclic) bond motifs is 8. The van der Waals surface area contributed by atoms with Gasteiger partial charge in [-0.15, -0.1) is 0 Å². The highest BCUT2D eigenvalue weighted by atomic mass is 16.3. The Morgan fingerprint density at radius 2 is 1.07 bits per heavy atom. The molecular weight excluding hydrogens is 671 g/mol. The Morgan fingerprint density at radius 3 is 1.85 bits per heavy atom. The second-order valence-electron chi connectivity index (χ2n) is 14.0. The Kier molecular flexibility index (Phi) is 7.14. The van der Waals surface area contributed by atoms with Crippen LogP contribution >= 0.6 is 0 Å². The lowest BCUT2D eigenvalue weighted by Gasteiger charge is -2.29. The zero-order valence-electron chi connectivity index (χ0n) is 29.8. The van der Waals surface area contributed by atoms with Crippen molar-refractivity contribution >= 4 is 71.5 Å². The molecule has 2 aromatic heterocycles. The van der Waals surface area contributed by atoms with Crippen LogP contribution in [-0.4, -0.2) is 9.55 Å². The zero-order valence-corrected chi connectivity index (χ0v) is 29.8. The molecule has 4 heteroatoms. The third-order valence-corrected chi connectivity index (χ3v) is 10.8. The molecule has 11 rings (SSSR count). The first-order valence-electron chi connectivity index (χ1n) is 18.6. The van der Waals surface area contributed by atoms with E-state index in [9.17, 15) is 0 Å². The molecule has 0 N–H and O–H groups in total. The van der Waals surface area contributed by atoms with Crippen LogP contribution in [0.1, 0.15) is 0 Å². The topological polar surface area (TPSA) is 34.2 Å². The van der Waals surface area contributed by atoms with Crippen LogP contribution in [0.25, 0.3) is 82.7 Å². The van der Waals surface area contributed by atoms with Crippen LogP contribution in [-0.2, 0) is 0 Å². The first-order valence-corrected chi connectivity index (χ1v) is 18.6. The van der Waals surface area contributed by atoms with Crippen molar-refractivity contribution < 1.29 is 4.42 Å². The fourth-order valence-corrected chi connectivity index (χ4v) is 8.28.